The molecule has 0 aromatic carbocycles. The van der Waals surface area contributed by atoms with Crippen LogP contribution in [0.5, 0.6) is 0 Å². The van der Waals surface area contributed by atoms with Crippen LogP contribution in [0.15, 0.2) is 0 Å². The maximum atomic E-state index is 13.1. The van der Waals surface area contributed by atoms with Gasteiger partial charge in [0.25, 0.3) is 5.92 Å². The molecule has 0 saturated carbocycles. The zero-order valence-corrected chi connectivity index (χ0v) is 9.34. The molecule has 0 bridgehead atoms. The first-order chi connectivity index (χ1) is 6.94. The van der Waals surface area contributed by atoms with Gasteiger partial charge in [-0.2, -0.15) is 5.26 Å². The molecular weight excluding hydrogens is 198 g/mol. The van der Waals surface area contributed by atoms with Crippen LogP contribution in [0, 0.1) is 23.2 Å². The molecule has 2 nitrogen and oxygen atoms in total. The summed E-state index contributed by atoms with van der Waals surface area (Å²) in [5.74, 6) is -2.47. The average molecular weight is 216 g/mol. The van der Waals surface area contributed by atoms with Crippen molar-refractivity contribution in [1.29, 1.82) is 5.26 Å². The summed E-state index contributed by atoms with van der Waals surface area (Å²) in [6, 6.07) is 2.19. The molecule has 4 heteroatoms. The molecule has 1 atom stereocenters. The highest BCUT2D eigenvalue weighted by Gasteiger charge is 2.35. The van der Waals surface area contributed by atoms with Crippen molar-refractivity contribution in [2.24, 2.45) is 11.8 Å². The number of alkyl halides is 2. The first kappa shape index (κ1) is 12.4. The SMILES string of the molecule is CC(C)C(C#N)CN1CCCC(F)(F)C1. The monoisotopic (exact) mass is 216 g/mol. The van der Waals surface area contributed by atoms with Crippen molar-refractivity contribution < 1.29 is 8.78 Å². The molecular formula is C11H18F2N2. The molecule has 0 aliphatic carbocycles. The fourth-order valence-electron chi connectivity index (χ4n) is 1.88. The Morgan fingerprint density at radius 3 is 2.60 bits per heavy atom. The van der Waals surface area contributed by atoms with E-state index < -0.39 is 5.92 Å². The lowest BCUT2D eigenvalue weighted by Crippen LogP contribution is -2.44. The van der Waals surface area contributed by atoms with Gasteiger partial charge >= 0.3 is 0 Å². The van der Waals surface area contributed by atoms with Gasteiger partial charge in [0.1, 0.15) is 0 Å². The van der Waals surface area contributed by atoms with Crippen LogP contribution in [0.4, 0.5) is 8.78 Å². The second-order valence-corrected chi connectivity index (χ2v) is 4.67. The maximum Gasteiger partial charge on any atom is 0.260 e. The van der Waals surface area contributed by atoms with Crippen molar-refractivity contribution in [1.82, 2.24) is 4.90 Å². The van der Waals surface area contributed by atoms with Crippen LogP contribution in [0.1, 0.15) is 26.7 Å². The van der Waals surface area contributed by atoms with Crippen molar-refractivity contribution in [2.75, 3.05) is 19.6 Å². The number of rotatable bonds is 3. The van der Waals surface area contributed by atoms with Gasteiger partial charge in [0.05, 0.1) is 18.5 Å². The van der Waals surface area contributed by atoms with Gasteiger partial charge in [-0.15, -0.1) is 0 Å². The van der Waals surface area contributed by atoms with Gasteiger partial charge in [0, 0.05) is 13.0 Å². The molecule has 0 aromatic heterocycles. The third kappa shape index (κ3) is 3.75. The minimum atomic E-state index is -2.56. The van der Waals surface area contributed by atoms with Crippen LogP contribution < -0.4 is 0 Å². The van der Waals surface area contributed by atoms with Crippen LogP contribution in [0.2, 0.25) is 0 Å². The Bertz CT molecular complexity index is 245. The zero-order valence-electron chi connectivity index (χ0n) is 9.34. The highest BCUT2D eigenvalue weighted by Crippen LogP contribution is 2.27. The van der Waals surface area contributed by atoms with Crippen molar-refractivity contribution in [3.63, 3.8) is 0 Å². The Balaban J connectivity index is 2.48. The lowest BCUT2D eigenvalue weighted by molar-refractivity contribution is -0.0666. The zero-order chi connectivity index (χ0) is 11.5. The van der Waals surface area contributed by atoms with Crippen LogP contribution in [0.3, 0.4) is 0 Å². The molecule has 1 unspecified atom stereocenters. The van der Waals surface area contributed by atoms with E-state index in [0.717, 1.165) is 0 Å². The third-order valence-corrected chi connectivity index (χ3v) is 2.90. The van der Waals surface area contributed by atoms with Crippen LogP contribution >= 0.6 is 0 Å². The molecule has 1 aliphatic heterocycles. The Labute approximate surface area is 89.9 Å². The number of nitrogens with zero attached hydrogens (tertiary/aromatic N) is 2. The normalized spacial score (nSPS) is 23.7. The third-order valence-electron chi connectivity index (χ3n) is 2.90. The van der Waals surface area contributed by atoms with Gasteiger partial charge in [-0.05, 0) is 18.9 Å². The minimum absolute atomic E-state index is 0.0115. The molecule has 1 saturated heterocycles. The Morgan fingerprint density at radius 2 is 2.13 bits per heavy atom. The summed E-state index contributed by atoms with van der Waals surface area (Å²) in [7, 11) is 0. The summed E-state index contributed by atoms with van der Waals surface area (Å²) in [6.07, 6.45) is 0.519. The smallest absolute Gasteiger partial charge is 0.260 e. The quantitative estimate of drug-likeness (QED) is 0.724. The molecule has 0 aromatic rings. The molecule has 1 heterocycles. The molecule has 1 rings (SSSR count). The molecule has 15 heavy (non-hydrogen) atoms. The molecule has 0 N–H and O–H groups in total. The topological polar surface area (TPSA) is 27.0 Å². The highest BCUT2D eigenvalue weighted by molar-refractivity contribution is 4.89. The van der Waals surface area contributed by atoms with Crippen LogP contribution in [-0.2, 0) is 0 Å². The van der Waals surface area contributed by atoms with Gasteiger partial charge in [0.15, 0.2) is 0 Å². The van der Waals surface area contributed by atoms with Crippen LogP contribution in [-0.4, -0.2) is 30.5 Å². The Hall–Kier alpha value is -0.690. The van der Waals surface area contributed by atoms with Crippen molar-refractivity contribution in [3.05, 3.63) is 0 Å². The van der Waals surface area contributed by atoms with E-state index in [9.17, 15) is 8.78 Å². The van der Waals surface area contributed by atoms with Crippen molar-refractivity contribution >= 4 is 0 Å². The van der Waals surface area contributed by atoms with Gasteiger partial charge in [0.2, 0.25) is 0 Å². The van der Waals surface area contributed by atoms with E-state index in [2.05, 4.69) is 6.07 Å². The van der Waals surface area contributed by atoms with E-state index in [-0.39, 0.29) is 24.8 Å². The van der Waals surface area contributed by atoms with Crippen molar-refractivity contribution in [2.45, 2.75) is 32.6 Å². The summed E-state index contributed by atoms with van der Waals surface area (Å²) in [6.45, 7) is 4.90. The van der Waals surface area contributed by atoms with Crippen molar-refractivity contribution in [3.8, 4) is 6.07 Å². The predicted molar refractivity (Wildman–Crippen MR) is 54.6 cm³/mol. The van der Waals surface area contributed by atoms with E-state index in [4.69, 9.17) is 5.26 Å². The Kier molecular flexibility index (Phi) is 4.04. The lowest BCUT2D eigenvalue weighted by atomic mass is 9.95. The van der Waals surface area contributed by atoms with Crippen LogP contribution in [0.25, 0.3) is 0 Å². The van der Waals surface area contributed by atoms with Gasteiger partial charge in [-0.3, -0.25) is 4.90 Å². The minimum Gasteiger partial charge on any atom is -0.296 e. The number of nitriles is 1. The molecule has 1 aliphatic rings. The first-order valence-corrected chi connectivity index (χ1v) is 5.44. The number of hydrogen-bond acceptors (Lipinski definition) is 2. The highest BCUT2D eigenvalue weighted by atomic mass is 19.3. The second kappa shape index (κ2) is 4.89. The Morgan fingerprint density at radius 1 is 1.47 bits per heavy atom. The summed E-state index contributed by atoms with van der Waals surface area (Å²) >= 11 is 0. The van der Waals surface area contributed by atoms with E-state index >= 15 is 0 Å². The summed E-state index contributed by atoms with van der Waals surface area (Å²) in [5, 5.41) is 8.89. The summed E-state index contributed by atoms with van der Waals surface area (Å²) in [4.78, 5) is 1.72. The predicted octanol–water partition coefficient (Wildman–Crippen LogP) is 2.51. The average Bonchev–Trinajstić information content (AvgIpc) is 2.12. The standard InChI is InChI=1S/C11H18F2N2/c1-9(2)10(6-14)7-15-5-3-4-11(12,13)8-15/h9-10H,3-5,7-8H2,1-2H3. The van der Waals surface area contributed by atoms with Gasteiger partial charge < -0.3 is 0 Å². The van der Waals surface area contributed by atoms with Gasteiger partial charge in [-0.25, -0.2) is 8.78 Å². The van der Waals surface area contributed by atoms with Gasteiger partial charge in [-0.1, -0.05) is 13.8 Å². The molecule has 0 spiro atoms. The van der Waals surface area contributed by atoms with E-state index in [1.54, 1.807) is 4.90 Å². The lowest BCUT2D eigenvalue weighted by Gasteiger charge is -2.34. The number of likely N-dealkylation sites (tertiary alicyclic amines) is 1. The van der Waals surface area contributed by atoms with E-state index in [1.807, 2.05) is 13.8 Å². The summed E-state index contributed by atoms with van der Waals surface area (Å²) < 4.78 is 26.2. The molecule has 1 fully saturated rings. The molecule has 0 amide bonds. The fourth-order valence-corrected chi connectivity index (χ4v) is 1.88. The van der Waals surface area contributed by atoms with E-state index in [0.29, 0.717) is 19.5 Å². The first-order valence-electron chi connectivity index (χ1n) is 5.44. The maximum absolute atomic E-state index is 13.1. The fraction of sp³-hybridized carbons (Fsp3) is 0.909. The molecule has 0 radical (unpaired) electrons. The van der Waals surface area contributed by atoms with E-state index in [1.165, 1.54) is 0 Å². The summed E-state index contributed by atoms with van der Waals surface area (Å²) in [5.41, 5.74) is 0. The second-order valence-electron chi connectivity index (χ2n) is 4.67. The molecule has 86 valence electrons. The number of piperidine rings is 1. The largest absolute Gasteiger partial charge is 0.296 e. The number of halogens is 2. The number of hydrogen-bond donors (Lipinski definition) is 0.